The summed E-state index contributed by atoms with van der Waals surface area (Å²) in [5, 5.41) is 2.98. The van der Waals surface area contributed by atoms with Crippen molar-refractivity contribution in [3.05, 3.63) is 67.5 Å². The number of carbonyl (C=O) groups excluding carboxylic acids is 1. The first-order valence-electron chi connectivity index (χ1n) is 8.16. The Balaban J connectivity index is 2.23. The van der Waals surface area contributed by atoms with Gasteiger partial charge in [-0.15, -0.1) is 0 Å². The van der Waals surface area contributed by atoms with Gasteiger partial charge in [0.25, 0.3) is 11.5 Å². The monoisotopic (exact) mass is 352 g/mol. The summed E-state index contributed by atoms with van der Waals surface area (Å²) in [5.41, 5.74) is 2.61. The van der Waals surface area contributed by atoms with Crippen molar-refractivity contribution in [3.8, 4) is 0 Å². The number of fused-ring (bicyclic) bond motifs is 1. The lowest BCUT2D eigenvalue weighted by Crippen LogP contribution is -2.38. The smallest absolute Gasteiger partial charge is 0.322 e. The molecule has 0 aliphatic heterocycles. The van der Waals surface area contributed by atoms with Crippen LogP contribution in [-0.2, 0) is 14.1 Å². The summed E-state index contributed by atoms with van der Waals surface area (Å²) < 4.78 is 2.25. The molecule has 26 heavy (non-hydrogen) atoms. The summed E-state index contributed by atoms with van der Waals surface area (Å²) >= 11 is 0. The summed E-state index contributed by atoms with van der Waals surface area (Å²) in [5.74, 6) is -0.414. The predicted octanol–water partition coefficient (Wildman–Crippen LogP) is 1.81. The van der Waals surface area contributed by atoms with Crippen molar-refractivity contribution in [1.82, 2.24) is 14.1 Å². The maximum atomic E-state index is 12.9. The van der Waals surface area contributed by atoms with Crippen molar-refractivity contribution in [2.24, 2.45) is 14.1 Å². The van der Waals surface area contributed by atoms with Gasteiger partial charge in [-0.1, -0.05) is 17.7 Å². The molecule has 1 aromatic carbocycles. The molecule has 3 rings (SSSR count). The summed E-state index contributed by atoms with van der Waals surface area (Å²) in [6.45, 7) is 5.60. The molecule has 7 heteroatoms. The first kappa shape index (κ1) is 17.6. The number of pyridine rings is 1. The minimum absolute atomic E-state index is 0.127. The van der Waals surface area contributed by atoms with Crippen LogP contribution in [-0.4, -0.2) is 20.0 Å². The van der Waals surface area contributed by atoms with Crippen LogP contribution >= 0.6 is 0 Å². The van der Waals surface area contributed by atoms with Crippen LogP contribution in [0.25, 0.3) is 11.0 Å². The Bertz CT molecular complexity index is 1170. The topological polar surface area (TPSA) is 86.0 Å². The van der Waals surface area contributed by atoms with Crippen LogP contribution in [0.5, 0.6) is 0 Å². The summed E-state index contributed by atoms with van der Waals surface area (Å²) in [7, 11) is 2.91. The third-order valence-corrected chi connectivity index (χ3v) is 4.41. The first-order valence-corrected chi connectivity index (χ1v) is 8.16. The van der Waals surface area contributed by atoms with E-state index in [2.05, 4.69) is 10.3 Å². The number of carbonyl (C=O) groups is 1. The lowest BCUT2D eigenvalue weighted by molar-refractivity contribution is 0.102. The number of anilines is 1. The molecule has 0 atom stereocenters. The van der Waals surface area contributed by atoms with Gasteiger partial charge in [0.2, 0.25) is 0 Å². The number of hydrogen-bond acceptors (Lipinski definition) is 4. The molecule has 0 bridgehead atoms. The van der Waals surface area contributed by atoms with Gasteiger partial charge in [0, 0.05) is 25.5 Å². The van der Waals surface area contributed by atoms with Crippen LogP contribution in [0.1, 0.15) is 27.2 Å². The Kier molecular flexibility index (Phi) is 4.23. The van der Waals surface area contributed by atoms with Crippen molar-refractivity contribution in [3.63, 3.8) is 0 Å². The highest BCUT2D eigenvalue weighted by Crippen LogP contribution is 2.19. The highest BCUT2D eigenvalue weighted by molar-refractivity contribution is 6.12. The van der Waals surface area contributed by atoms with Crippen LogP contribution < -0.4 is 16.6 Å². The van der Waals surface area contributed by atoms with E-state index in [1.54, 1.807) is 13.0 Å². The maximum absolute atomic E-state index is 12.9. The number of nitrogens with zero attached hydrogens (tertiary/aromatic N) is 3. The zero-order chi connectivity index (χ0) is 19.2. The Morgan fingerprint density at radius 2 is 1.73 bits per heavy atom. The number of nitrogens with one attached hydrogen (secondary N) is 1. The highest BCUT2D eigenvalue weighted by Gasteiger charge is 2.19. The lowest BCUT2D eigenvalue weighted by atomic mass is 10.1. The molecule has 7 nitrogen and oxygen atoms in total. The van der Waals surface area contributed by atoms with Gasteiger partial charge < -0.3 is 5.32 Å². The first-order chi connectivity index (χ1) is 12.2. The number of rotatable bonds is 2. The molecule has 1 amide bonds. The quantitative estimate of drug-likeness (QED) is 0.762. The average Bonchev–Trinajstić information content (AvgIpc) is 2.59. The van der Waals surface area contributed by atoms with E-state index in [9.17, 15) is 14.4 Å². The van der Waals surface area contributed by atoms with Gasteiger partial charge in [0.05, 0.1) is 10.9 Å². The van der Waals surface area contributed by atoms with Gasteiger partial charge in [0.15, 0.2) is 0 Å². The molecule has 0 radical (unpaired) electrons. The number of amides is 1. The van der Waals surface area contributed by atoms with Crippen LogP contribution in [0.15, 0.2) is 33.9 Å². The molecule has 0 aliphatic carbocycles. The third kappa shape index (κ3) is 2.81. The minimum atomic E-state index is -0.540. The van der Waals surface area contributed by atoms with Gasteiger partial charge in [-0.2, -0.15) is 0 Å². The van der Waals surface area contributed by atoms with Gasteiger partial charge in [-0.3, -0.25) is 18.7 Å². The fraction of sp³-hybridized carbons (Fsp3) is 0.263. The van der Waals surface area contributed by atoms with Crippen LogP contribution in [0.3, 0.4) is 0 Å². The Hall–Kier alpha value is -3.22. The number of aromatic nitrogens is 3. The Morgan fingerprint density at radius 1 is 1.04 bits per heavy atom. The van der Waals surface area contributed by atoms with Gasteiger partial charge >= 0.3 is 5.69 Å². The minimum Gasteiger partial charge on any atom is -0.322 e. The van der Waals surface area contributed by atoms with Crippen molar-refractivity contribution in [1.29, 1.82) is 0 Å². The van der Waals surface area contributed by atoms with Crippen molar-refractivity contribution < 1.29 is 4.79 Å². The molecule has 0 unspecified atom stereocenters. The third-order valence-electron chi connectivity index (χ3n) is 4.41. The number of hydrogen-bond donors (Lipinski definition) is 1. The number of aryl methyl sites for hydroxylation is 4. The summed E-state index contributed by atoms with van der Waals surface area (Å²) in [6.07, 6.45) is 0. The molecule has 134 valence electrons. The molecule has 1 N–H and O–H groups in total. The fourth-order valence-electron chi connectivity index (χ4n) is 3.00. The van der Waals surface area contributed by atoms with E-state index < -0.39 is 17.2 Å². The number of benzene rings is 1. The maximum Gasteiger partial charge on any atom is 0.332 e. The fourth-order valence-corrected chi connectivity index (χ4v) is 3.00. The molecule has 0 spiro atoms. The highest BCUT2D eigenvalue weighted by atomic mass is 16.2. The second-order valence-corrected chi connectivity index (χ2v) is 6.49. The van der Waals surface area contributed by atoms with E-state index in [0.717, 1.165) is 15.7 Å². The van der Waals surface area contributed by atoms with E-state index in [1.165, 1.54) is 18.7 Å². The van der Waals surface area contributed by atoms with Crippen molar-refractivity contribution >= 4 is 22.6 Å². The van der Waals surface area contributed by atoms with E-state index in [1.807, 2.05) is 32.0 Å². The summed E-state index contributed by atoms with van der Waals surface area (Å²) in [4.78, 5) is 42.0. The molecule has 2 aromatic heterocycles. The van der Waals surface area contributed by atoms with E-state index in [0.29, 0.717) is 11.4 Å². The molecular formula is C19H20N4O3. The zero-order valence-corrected chi connectivity index (χ0v) is 15.4. The van der Waals surface area contributed by atoms with E-state index >= 15 is 0 Å². The van der Waals surface area contributed by atoms with E-state index in [4.69, 9.17) is 0 Å². The predicted molar refractivity (Wildman–Crippen MR) is 101 cm³/mol. The van der Waals surface area contributed by atoms with Crippen LogP contribution in [0, 0.1) is 20.8 Å². The molecule has 0 saturated carbocycles. The largest absolute Gasteiger partial charge is 0.332 e. The Labute approximate surface area is 149 Å². The summed E-state index contributed by atoms with van der Waals surface area (Å²) in [6, 6.07) is 7.26. The second kappa shape index (κ2) is 6.25. The van der Waals surface area contributed by atoms with Crippen LogP contribution in [0.4, 0.5) is 5.69 Å². The molecule has 0 fully saturated rings. The molecular weight excluding hydrogens is 332 g/mol. The van der Waals surface area contributed by atoms with E-state index in [-0.39, 0.29) is 16.6 Å². The second-order valence-electron chi connectivity index (χ2n) is 6.49. The SMILES string of the molecule is Cc1ccc(NC(=O)c2cc(C)nc3c2c(=O)n(C)c(=O)n3C)c(C)c1. The molecule has 0 aliphatic rings. The average molecular weight is 352 g/mol. The lowest BCUT2D eigenvalue weighted by Gasteiger charge is -2.13. The van der Waals surface area contributed by atoms with Crippen molar-refractivity contribution in [2.45, 2.75) is 20.8 Å². The molecule has 3 aromatic rings. The zero-order valence-electron chi connectivity index (χ0n) is 15.4. The van der Waals surface area contributed by atoms with Gasteiger partial charge in [0.1, 0.15) is 5.65 Å². The van der Waals surface area contributed by atoms with Crippen molar-refractivity contribution in [2.75, 3.05) is 5.32 Å². The Morgan fingerprint density at radius 3 is 2.38 bits per heavy atom. The van der Waals surface area contributed by atoms with Crippen LogP contribution in [0.2, 0.25) is 0 Å². The molecule has 0 saturated heterocycles. The van der Waals surface area contributed by atoms with Gasteiger partial charge in [-0.25, -0.2) is 9.78 Å². The van der Waals surface area contributed by atoms with Gasteiger partial charge in [-0.05, 0) is 38.5 Å². The molecule has 2 heterocycles. The standard InChI is InChI=1S/C19H20N4O3/c1-10-6-7-14(11(2)8-10)21-17(24)13-9-12(3)20-16-15(13)18(25)23(5)19(26)22(16)4/h6-9H,1-5H3,(H,21,24). The normalized spacial score (nSPS) is 11.0.